The number of carbonyl (C=O) groups excluding carboxylic acids is 1. The van der Waals surface area contributed by atoms with E-state index in [-0.39, 0.29) is 16.7 Å². The number of methoxy groups -OCH3 is 1. The molecule has 2 aromatic rings. The quantitative estimate of drug-likeness (QED) is 0.639. The minimum absolute atomic E-state index is 0.0427. The van der Waals surface area contributed by atoms with E-state index in [0.717, 1.165) is 5.56 Å². The first-order valence-corrected chi connectivity index (χ1v) is 7.08. The van der Waals surface area contributed by atoms with E-state index >= 15 is 0 Å². The first kappa shape index (κ1) is 15.7. The van der Waals surface area contributed by atoms with Crippen LogP contribution in [-0.4, -0.2) is 23.0 Å². The van der Waals surface area contributed by atoms with Crippen molar-refractivity contribution in [3.8, 4) is 0 Å². The summed E-state index contributed by atoms with van der Waals surface area (Å²) >= 11 is 12.2. The number of hydrogen-bond donors (Lipinski definition) is 0. The van der Waals surface area contributed by atoms with Gasteiger partial charge in [-0.25, -0.2) is 9.97 Å². The molecule has 0 saturated heterocycles. The second kappa shape index (κ2) is 6.87. The lowest BCUT2D eigenvalue weighted by atomic mass is 10.1. The average Bonchev–Trinajstić information content (AvgIpc) is 2.45. The van der Waals surface area contributed by atoms with Crippen molar-refractivity contribution in [1.82, 2.24) is 9.97 Å². The Morgan fingerprint density at radius 3 is 2.24 bits per heavy atom. The van der Waals surface area contributed by atoms with E-state index in [4.69, 9.17) is 23.2 Å². The van der Waals surface area contributed by atoms with Crippen LogP contribution in [0.3, 0.4) is 0 Å². The Labute approximate surface area is 133 Å². The van der Waals surface area contributed by atoms with Crippen molar-refractivity contribution in [1.29, 1.82) is 0 Å². The van der Waals surface area contributed by atoms with Gasteiger partial charge in [-0.15, -0.1) is 0 Å². The van der Waals surface area contributed by atoms with Crippen LogP contribution in [0.2, 0.25) is 10.3 Å². The van der Waals surface area contributed by atoms with E-state index in [1.165, 1.54) is 12.7 Å². The van der Waals surface area contributed by atoms with Gasteiger partial charge in [-0.3, -0.25) is 4.79 Å². The molecule has 110 valence electrons. The summed E-state index contributed by atoms with van der Waals surface area (Å²) in [6.07, 6.45) is 0.483. The van der Waals surface area contributed by atoms with E-state index in [1.54, 1.807) is 0 Å². The summed E-state index contributed by atoms with van der Waals surface area (Å²) in [6, 6.07) is 8.04. The summed E-state index contributed by atoms with van der Waals surface area (Å²) in [5, 5.41) is 0.366. The Morgan fingerprint density at radius 2 is 1.71 bits per heavy atom. The number of nitrogens with zero attached hydrogens (tertiary/aromatic N) is 2. The molecule has 0 unspecified atom stereocenters. The van der Waals surface area contributed by atoms with Gasteiger partial charge in [-0.1, -0.05) is 53.0 Å². The number of ether oxygens (including phenoxy) is 1. The maximum Gasteiger partial charge on any atom is 0.310 e. The number of benzene rings is 1. The summed E-state index contributed by atoms with van der Waals surface area (Å²) in [5.41, 5.74) is 2.63. The third kappa shape index (κ3) is 4.16. The molecule has 0 atom stereocenters. The molecule has 0 aliphatic heterocycles. The van der Waals surface area contributed by atoms with E-state index in [2.05, 4.69) is 14.7 Å². The lowest BCUT2D eigenvalue weighted by molar-refractivity contribution is -0.139. The van der Waals surface area contributed by atoms with Gasteiger partial charge in [-0.2, -0.15) is 0 Å². The Kier molecular flexibility index (Phi) is 5.15. The molecule has 0 N–H and O–H groups in total. The smallest absolute Gasteiger partial charge is 0.310 e. The first-order valence-electron chi connectivity index (χ1n) is 6.32. The van der Waals surface area contributed by atoms with Crippen LogP contribution in [0.5, 0.6) is 0 Å². The fraction of sp³-hybridized carbons (Fsp3) is 0.267. The van der Waals surface area contributed by atoms with Gasteiger partial charge in [0.1, 0.15) is 16.1 Å². The molecule has 1 aromatic carbocycles. The van der Waals surface area contributed by atoms with Gasteiger partial charge in [0, 0.05) is 12.0 Å². The predicted molar refractivity (Wildman–Crippen MR) is 81.8 cm³/mol. The van der Waals surface area contributed by atoms with E-state index < -0.39 is 5.97 Å². The van der Waals surface area contributed by atoms with Gasteiger partial charge in [0.25, 0.3) is 0 Å². The van der Waals surface area contributed by atoms with Crippen molar-refractivity contribution < 1.29 is 9.53 Å². The van der Waals surface area contributed by atoms with Crippen LogP contribution in [-0.2, 0) is 22.4 Å². The summed E-state index contributed by atoms with van der Waals surface area (Å²) in [6.45, 7) is 2.02. The fourth-order valence-electron chi connectivity index (χ4n) is 1.80. The zero-order valence-corrected chi connectivity index (χ0v) is 13.2. The van der Waals surface area contributed by atoms with E-state index in [1.807, 2.05) is 31.2 Å². The number of aromatic nitrogens is 2. The van der Waals surface area contributed by atoms with Crippen molar-refractivity contribution in [2.24, 2.45) is 0 Å². The van der Waals surface area contributed by atoms with Crippen LogP contribution in [0.25, 0.3) is 0 Å². The van der Waals surface area contributed by atoms with Crippen molar-refractivity contribution in [3.63, 3.8) is 0 Å². The van der Waals surface area contributed by atoms with E-state index in [0.29, 0.717) is 17.8 Å². The maximum atomic E-state index is 11.3. The molecule has 0 spiro atoms. The van der Waals surface area contributed by atoms with Crippen LogP contribution < -0.4 is 0 Å². The first-order chi connectivity index (χ1) is 9.99. The van der Waals surface area contributed by atoms with Crippen molar-refractivity contribution in [3.05, 3.63) is 57.1 Å². The Hall–Kier alpha value is -1.65. The lowest BCUT2D eigenvalue weighted by Crippen LogP contribution is -2.09. The molecule has 1 heterocycles. The van der Waals surface area contributed by atoms with Gasteiger partial charge in [0.15, 0.2) is 0 Å². The van der Waals surface area contributed by atoms with Gasteiger partial charge < -0.3 is 4.74 Å². The number of esters is 1. The monoisotopic (exact) mass is 324 g/mol. The molecule has 0 aliphatic carbocycles. The standard InChI is InChI=1S/C15H14Cl2N2O2/c1-9-3-5-10(6-4-9)7-12-18-14(16)11(15(17)19-12)8-13(20)21-2/h3-6H,7-8H2,1-2H3. The van der Waals surface area contributed by atoms with Crippen molar-refractivity contribution in [2.45, 2.75) is 19.8 Å². The summed E-state index contributed by atoms with van der Waals surface area (Å²) in [7, 11) is 1.30. The van der Waals surface area contributed by atoms with Crippen LogP contribution in [0.15, 0.2) is 24.3 Å². The molecule has 4 nitrogen and oxygen atoms in total. The van der Waals surface area contributed by atoms with E-state index in [9.17, 15) is 4.79 Å². The van der Waals surface area contributed by atoms with Gasteiger partial charge in [0.05, 0.1) is 13.5 Å². The predicted octanol–water partition coefficient (Wildman–Crippen LogP) is 3.40. The van der Waals surface area contributed by atoms with Crippen molar-refractivity contribution >= 4 is 29.2 Å². The second-order valence-corrected chi connectivity index (χ2v) is 5.33. The highest BCUT2D eigenvalue weighted by Gasteiger charge is 2.15. The number of rotatable bonds is 4. The van der Waals surface area contributed by atoms with Crippen LogP contribution in [0, 0.1) is 6.92 Å². The third-order valence-electron chi connectivity index (χ3n) is 2.98. The Morgan fingerprint density at radius 1 is 1.14 bits per heavy atom. The van der Waals surface area contributed by atoms with Crippen LogP contribution in [0.4, 0.5) is 0 Å². The van der Waals surface area contributed by atoms with Gasteiger partial charge >= 0.3 is 5.97 Å². The number of halogens is 2. The highest BCUT2D eigenvalue weighted by molar-refractivity contribution is 6.34. The Bertz CT molecular complexity index is 634. The molecule has 21 heavy (non-hydrogen) atoms. The van der Waals surface area contributed by atoms with Crippen LogP contribution in [0.1, 0.15) is 22.5 Å². The minimum atomic E-state index is -0.436. The SMILES string of the molecule is COC(=O)Cc1c(Cl)nc(Cc2ccc(C)cc2)nc1Cl. The van der Waals surface area contributed by atoms with Gasteiger partial charge in [0.2, 0.25) is 0 Å². The molecular formula is C15H14Cl2N2O2. The molecule has 0 amide bonds. The highest BCUT2D eigenvalue weighted by atomic mass is 35.5. The molecule has 2 rings (SSSR count). The zero-order chi connectivity index (χ0) is 15.4. The average molecular weight is 325 g/mol. The van der Waals surface area contributed by atoms with Crippen LogP contribution >= 0.6 is 23.2 Å². The topological polar surface area (TPSA) is 52.1 Å². The normalized spacial score (nSPS) is 10.5. The third-order valence-corrected chi connectivity index (χ3v) is 3.61. The minimum Gasteiger partial charge on any atom is -0.469 e. The van der Waals surface area contributed by atoms with Gasteiger partial charge in [-0.05, 0) is 12.5 Å². The molecule has 0 bridgehead atoms. The largest absolute Gasteiger partial charge is 0.469 e. The maximum absolute atomic E-state index is 11.3. The summed E-state index contributed by atoms with van der Waals surface area (Å²) < 4.78 is 4.59. The molecule has 1 aromatic heterocycles. The fourth-order valence-corrected chi connectivity index (χ4v) is 2.36. The molecular weight excluding hydrogens is 311 g/mol. The zero-order valence-electron chi connectivity index (χ0n) is 11.7. The lowest BCUT2D eigenvalue weighted by Gasteiger charge is -2.08. The number of hydrogen-bond acceptors (Lipinski definition) is 4. The molecule has 6 heteroatoms. The van der Waals surface area contributed by atoms with Crippen molar-refractivity contribution in [2.75, 3.05) is 7.11 Å². The number of carbonyl (C=O) groups is 1. The molecule has 0 saturated carbocycles. The molecule has 0 fully saturated rings. The second-order valence-electron chi connectivity index (χ2n) is 4.62. The highest BCUT2D eigenvalue weighted by Crippen LogP contribution is 2.23. The Balaban J connectivity index is 2.23. The molecule has 0 radical (unpaired) electrons. The molecule has 0 aliphatic rings. The summed E-state index contributed by atoms with van der Waals surface area (Å²) in [5.74, 6) is 0.0798. The summed E-state index contributed by atoms with van der Waals surface area (Å²) in [4.78, 5) is 19.7. The number of aryl methyl sites for hydroxylation is 1.